The summed E-state index contributed by atoms with van der Waals surface area (Å²) in [7, 11) is -2.82. The van der Waals surface area contributed by atoms with E-state index in [1.165, 1.54) is 50.3 Å². The minimum atomic E-state index is -4.14. The molecule has 0 unspecified atom stereocenters. The summed E-state index contributed by atoms with van der Waals surface area (Å²) in [4.78, 5) is 20.7. The molecule has 2 N–H and O–H groups in total. The molecular weight excluding hydrogens is 537 g/mol. The van der Waals surface area contributed by atoms with Crippen LogP contribution < -0.4 is 19.8 Å². The molecule has 0 atom stereocenters. The minimum absolute atomic E-state index is 0.00493. The first-order valence-corrected chi connectivity index (χ1v) is 14.8. The first-order chi connectivity index (χ1) is 19.2. The van der Waals surface area contributed by atoms with Gasteiger partial charge < -0.3 is 14.5 Å². The number of sulfonamides is 1. The maximum Gasteiger partial charge on any atom is 0.277 e. The zero-order valence-electron chi connectivity index (χ0n) is 22.7. The standard InChI is InChI=1S/C28H32FN5O5S/c1-4-39-23-14-12-20(40(36,37)33-19-11-13-24(38-3)22(29)15-19)16-21(23)26-31-28(35)25-17(2)30-27(34(25)32-26)18-9-7-5-6-8-10-18/h11-16,18,33H,4-10H2,1-3H3,(H,31,32,35). The number of imidazole rings is 1. The van der Waals surface area contributed by atoms with E-state index in [1.807, 2.05) is 0 Å². The van der Waals surface area contributed by atoms with Crippen molar-refractivity contribution in [3.8, 4) is 22.9 Å². The predicted molar refractivity (Wildman–Crippen MR) is 149 cm³/mol. The third-order valence-electron chi connectivity index (χ3n) is 7.14. The summed E-state index contributed by atoms with van der Waals surface area (Å²) in [5.41, 5.74) is 0.911. The lowest BCUT2D eigenvalue weighted by atomic mass is 10.00. The van der Waals surface area contributed by atoms with Gasteiger partial charge in [-0.05, 0) is 57.0 Å². The highest BCUT2D eigenvalue weighted by Crippen LogP contribution is 2.34. The number of methoxy groups -OCH3 is 1. The molecule has 2 aromatic heterocycles. The smallest absolute Gasteiger partial charge is 0.277 e. The van der Waals surface area contributed by atoms with Gasteiger partial charge in [-0.2, -0.15) is 0 Å². The summed E-state index contributed by atoms with van der Waals surface area (Å²) in [5.74, 6) is 0.720. The van der Waals surface area contributed by atoms with Gasteiger partial charge in [-0.1, -0.05) is 25.7 Å². The number of H-pyrrole nitrogens is 1. The molecule has 2 heterocycles. The maximum absolute atomic E-state index is 14.2. The topological polar surface area (TPSA) is 128 Å². The van der Waals surface area contributed by atoms with E-state index in [1.54, 1.807) is 18.4 Å². The number of nitrogens with one attached hydrogen (secondary N) is 2. The Morgan fingerprint density at radius 3 is 2.50 bits per heavy atom. The Morgan fingerprint density at radius 2 is 1.82 bits per heavy atom. The molecule has 212 valence electrons. The van der Waals surface area contributed by atoms with Crippen molar-refractivity contribution in [3.05, 3.63) is 64.1 Å². The van der Waals surface area contributed by atoms with Crippen LogP contribution in [-0.2, 0) is 10.0 Å². The van der Waals surface area contributed by atoms with Crippen LogP contribution in [-0.4, -0.2) is 41.7 Å². The summed E-state index contributed by atoms with van der Waals surface area (Å²) in [6.45, 7) is 3.90. The molecule has 0 saturated heterocycles. The predicted octanol–water partition coefficient (Wildman–Crippen LogP) is 5.18. The molecule has 1 fully saturated rings. The second-order valence-electron chi connectivity index (χ2n) is 9.85. The Morgan fingerprint density at radius 1 is 1.10 bits per heavy atom. The molecule has 12 heteroatoms. The van der Waals surface area contributed by atoms with Gasteiger partial charge in [0, 0.05) is 12.0 Å². The summed E-state index contributed by atoms with van der Waals surface area (Å²) in [6, 6.07) is 8.04. The van der Waals surface area contributed by atoms with Gasteiger partial charge >= 0.3 is 0 Å². The largest absolute Gasteiger partial charge is 0.494 e. The molecule has 2 aromatic carbocycles. The third-order valence-corrected chi connectivity index (χ3v) is 8.52. The van der Waals surface area contributed by atoms with Crippen molar-refractivity contribution in [1.82, 2.24) is 19.6 Å². The molecule has 1 saturated carbocycles. The van der Waals surface area contributed by atoms with Crippen molar-refractivity contribution >= 4 is 21.2 Å². The number of rotatable bonds is 8. The summed E-state index contributed by atoms with van der Waals surface area (Å²) in [6.07, 6.45) is 6.47. The Balaban J connectivity index is 1.60. The molecule has 0 amide bonds. The highest BCUT2D eigenvalue weighted by atomic mass is 32.2. The van der Waals surface area contributed by atoms with Gasteiger partial charge in [-0.3, -0.25) is 9.52 Å². The Hall–Kier alpha value is -3.93. The number of fused-ring (bicyclic) bond motifs is 1. The average Bonchev–Trinajstić information content (AvgIpc) is 3.07. The Kier molecular flexibility index (Phi) is 7.79. The van der Waals surface area contributed by atoms with E-state index in [2.05, 4.69) is 9.71 Å². The van der Waals surface area contributed by atoms with Crippen LogP contribution in [0.3, 0.4) is 0 Å². The zero-order chi connectivity index (χ0) is 28.4. The fraction of sp³-hybridized carbons (Fsp3) is 0.393. The summed E-state index contributed by atoms with van der Waals surface area (Å²) in [5, 5.41) is 4.75. The van der Waals surface area contributed by atoms with Crippen molar-refractivity contribution in [2.45, 2.75) is 63.2 Å². The molecule has 0 aliphatic heterocycles. The number of aryl methyl sites for hydroxylation is 1. The van der Waals surface area contributed by atoms with Crippen LogP contribution in [0.4, 0.5) is 10.1 Å². The number of ether oxygens (including phenoxy) is 2. The molecule has 1 aliphatic carbocycles. The zero-order valence-corrected chi connectivity index (χ0v) is 23.5. The fourth-order valence-corrected chi connectivity index (χ4v) is 6.28. The van der Waals surface area contributed by atoms with E-state index < -0.39 is 15.8 Å². The minimum Gasteiger partial charge on any atom is -0.494 e. The lowest BCUT2D eigenvalue weighted by molar-refractivity contribution is 0.341. The number of anilines is 1. The lowest BCUT2D eigenvalue weighted by Crippen LogP contribution is -2.17. The van der Waals surface area contributed by atoms with Crippen molar-refractivity contribution in [2.24, 2.45) is 0 Å². The lowest BCUT2D eigenvalue weighted by Gasteiger charge is -2.15. The molecule has 0 spiro atoms. The van der Waals surface area contributed by atoms with Crippen molar-refractivity contribution < 1.29 is 22.3 Å². The second kappa shape index (κ2) is 11.3. The van der Waals surface area contributed by atoms with E-state index in [0.29, 0.717) is 29.1 Å². The monoisotopic (exact) mass is 569 g/mol. The number of aromatic nitrogens is 4. The van der Waals surface area contributed by atoms with Gasteiger partial charge in [0.05, 0.1) is 35.6 Å². The Labute approximate surface area is 231 Å². The van der Waals surface area contributed by atoms with E-state index in [0.717, 1.165) is 37.6 Å². The SMILES string of the molecule is CCOc1ccc(S(=O)(=O)Nc2ccc(OC)c(F)c2)cc1-c1nn2c(C3CCCCCC3)nc(C)c2c(=O)[nH]1. The second-order valence-corrected chi connectivity index (χ2v) is 11.5. The normalized spacial score (nSPS) is 14.7. The molecule has 0 bridgehead atoms. The fourth-order valence-electron chi connectivity index (χ4n) is 5.20. The molecule has 10 nitrogen and oxygen atoms in total. The van der Waals surface area contributed by atoms with Crippen LogP contribution in [0, 0.1) is 12.7 Å². The number of halogens is 1. The molecule has 40 heavy (non-hydrogen) atoms. The number of aromatic amines is 1. The van der Waals surface area contributed by atoms with Crippen LogP contribution in [0.5, 0.6) is 11.5 Å². The van der Waals surface area contributed by atoms with Crippen molar-refractivity contribution in [2.75, 3.05) is 18.4 Å². The van der Waals surface area contributed by atoms with E-state index in [-0.39, 0.29) is 33.6 Å². The van der Waals surface area contributed by atoms with Crippen LogP contribution in [0.2, 0.25) is 0 Å². The van der Waals surface area contributed by atoms with Gasteiger partial charge in [0.1, 0.15) is 11.6 Å². The van der Waals surface area contributed by atoms with Crippen LogP contribution in [0.15, 0.2) is 46.1 Å². The van der Waals surface area contributed by atoms with Crippen LogP contribution >= 0.6 is 0 Å². The van der Waals surface area contributed by atoms with Crippen LogP contribution in [0.25, 0.3) is 16.9 Å². The molecule has 5 rings (SSSR count). The molecule has 1 aliphatic rings. The summed E-state index contributed by atoms with van der Waals surface area (Å²) < 4.78 is 55.4. The molecular formula is C28H32FN5O5S. The van der Waals surface area contributed by atoms with Gasteiger partial charge in [-0.25, -0.2) is 22.3 Å². The first-order valence-electron chi connectivity index (χ1n) is 13.3. The molecule has 4 aromatic rings. The molecule has 0 radical (unpaired) electrons. The number of benzene rings is 2. The quantitative estimate of drug-likeness (QED) is 0.280. The maximum atomic E-state index is 14.2. The first kappa shape index (κ1) is 27.6. The number of nitrogens with zero attached hydrogens (tertiary/aromatic N) is 3. The summed E-state index contributed by atoms with van der Waals surface area (Å²) >= 11 is 0. The third kappa shape index (κ3) is 5.40. The average molecular weight is 570 g/mol. The van der Waals surface area contributed by atoms with E-state index >= 15 is 0 Å². The number of hydrogen-bond donors (Lipinski definition) is 2. The van der Waals surface area contributed by atoms with E-state index in [9.17, 15) is 17.6 Å². The van der Waals surface area contributed by atoms with E-state index in [4.69, 9.17) is 19.6 Å². The van der Waals surface area contributed by atoms with Crippen molar-refractivity contribution in [3.63, 3.8) is 0 Å². The van der Waals surface area contributed by atoms with Crippen molar-refractivity contribution in [1.29, 1.82) is 0 Å². The van der Waals surface area contributed by atoms with Gasteiger partial charge in [0.15, 0.2) is 22.9 Å². The highest BCUT2D eigenvalue weighted by Gasteiger charge is 2.25. The number of hydrogen-bond acceptors (Lipinski definition) is 7. The van der Waals surface area contributed by atoms with Crippen LogP contribution in [0.1, 0.15) is 62.9 Å². The van der Waals surface area contributed by atoms with Gasteiger partial charge in [0.2, 0.25) is 0 Å². The van der Waals surface area contributed by atoms with Gasteiger partial charge in [-0.15, -0.1) is 5.10 Å². The van der Waals surface area contributed by atoms with Gasteiger partial charge in [0.25, 0.3) is 15.6 Å². The Bertz CT molecular complexity index is 1710. The highest BCUT2D eigenvalue weighted by molar-refractivity contribution is 7.92.